The number of nitrogens with zero attached hydrogens (tertiary/aromatic N) is 1. The molecule has 42 heavy (non-hydrogen) atoms. The van der Waals surface area contributed by atoms with Crippen molar-refractivity contribution >= 4 is 21.7 Å². The molecule has 10 heteroatoms. The minimum Gasteiger partial charge on any atom is -0.448 e. The predicted molar refractivity (Wildman–Crippen MR) is 158 cm³/mol. The van der Waals surface area contributed by atoms with Gasteiger partial charge >= 0.3 is 0 Å². The highest BCUT2D eigenvalue weighted by Crippen LogP contribution is 2.55. The van der Waals surface area contributed by atoms with E-state index in [1.165, 1.54) is 44.8 Å². The van der Waals surface area contributed by atoms with Crippen LogP contribution in [0.2, 0.25) is 0 Å². The van der Waals surface area contributed by atoms with Crippen LogP contribution in [0.25, 0.3) is 0 Å². The van der Waals surface area contributed by atoms with Crippen molar-refractivity contribution < 1.29 is 27.2 Å². The molecule has 2 N–H and O–H groups in total. The smallest absolute Gasteiger partial charge is 0.273 e. The van der Waals surface area contributed by atoms with Crippen molar-refractivity contribution in [1.82, 2.24) is 15.6 Å². The van der Waals surface area contributed by atoms with Gasteiger partial charge in [0.25, 0.3) is 5.91 Å². The number of unbranched alkanes of at least 4 members (excludes halogenated alkanes) is 1. The first-order chi connectivity index (χ1) is 20.4. The third-order valence-electron chi connectivity index (χ3n) is 9.05. The summed E-state index contributed by atoms with van der Waals surface area (Å²) in [6, 6.07) is 7.25. The van der Waals surface area contributed by atoms with Gasteiger partial charge in [0, 0.05) is 13.0 Å². The van der Waals surface area contributed by atoms with E-state index in [1.807, 2.05) is 19.1 Å². The molecule has 3 fully saturated rings. The van der Waals surface area contributed by atoms with Gasteiger partial charge in [-0.2, -0.15) is 0 Å². The molecule has 1 aliphatic carbocycles. The molecule has 5 rings (SSSR count). The normalized spacial score (nSPS) is 26.1. The number of allylic oxidation sites excluding steroid dienone is 2. The lowest BCUT2D eigenvalue weighted by molar-refractivity contribution is -0.122. The third-order valence-corrected chi connectivity index (χ3v) is 11.4. The van der Waals surface area contributed by atoms with Gasteiger partial charge in [0.1, 0.15) is 6.26 Å². The van der Waals surface area contributed by atoms with Crippen LogP contribution in [-0.2, 0) is 19.4 Å². The molecule has 2 saturated heterocycles. The predicted octanol–water partition coefficient (Wildman–Crippen LogP) is 5.44. The summed E-state index contributed by atoms with van der Waals surface area (Å²) in [4.78, 5) is 28.8. The van der Waals surface area contributed by atoms with E-state index in [9.17, 15) is 18.0 Å². The SMILES string of the molecule is C/C=C/CCC(=O)NC1C(c2nc(C(=O)NCCCCC3CCCCC3)co2)C2CCC1(S(=O)(=O)c1ccccc1)O2. The van der Waals surface area contributed by atoms with Gasteiger partial charge in [-0.3, -0.25) is 9.59 Å². The van der Waals surface area contributed by atoms with Gasteiger partial charge in [0.05, 0.1) is 23.0 Å². The van der Waals surface area contributed by atoms with Gasteiger partial charge in [-0.15, -0.1) is 0 Å². The fraction of sp³-hybridized carbons (Fsp3) is 0.594. The Morgan fingerprint density at radius 2 is 1.88 bits per heavy atom. The molecule has 3 heterocycles. The third kappa shape index (κ3) is 6.34. The highest BCUT2D eigenvalue weighted by atomic mass is 32.2. The summed E-state index contributed by atoms with van der Waals surface area (Å²) in [7, 11) is -4.00. The minimum absolute atomic E-state index is 0.135. The Kier molecular flexibility index (Phi) is 9.83. The molecule has 2 amide bonds. The van der Waals surface area contributed by atoms with Crippen LogP contribution in [0.1, 0.15) is 106 Å². The fourth-order valence-corrected chi connectivity index (χ4v) is 8.94. The number of oxazole rings is 1. The number of sulfone groups is 1. The Balaban J connectivity index is 1.29. The molecule has 4 unspecified atom stereocenters. The van der Waals surface area contributed by atoms with Crippen LogP contribution in [-0.4, -0.2) is 48.8 Å². The molecule has 3 aliphatic rings. The van der Waals surface area contributed by atoms with Crippen molar-refractivity contribution in [3.8, 4) is 0 Å². The fourth-order valence-electron chi connectivity index (χ4n) is 6.85. The number of carbonyl (C=O) groups excluding carboxylic acids is 2. The van der Waals surface area contributed by atoms with Gasteiger partial charge in [-0.1, -0.05) is 75.3 Å². The summed E-state index contributed by atoms with van der Waals surface area (Å²) >= 11 is 0. The monoisotopic (exact) mass is 597 g/mol. The summed E-state index contributed by atoms with van der Waals surface area (Å²) in [5.41, 5.74) is 0.137. The number of hydrogen-bond donors (Lipinski definition) is 2. The molecule has 228 valence electrons. The maximum absolute atomic E-state index is 14.0. The van der Waals surface area contributed by atoms with Crippen molar-refractivity contribution in [3.05, 3.63) is 60.3 Å². The second-order valence-electron chi connectivity index (χ2n) is 11.8. The maximum Gasteiger partial charge on any atom is 0.273 e. The Morgan fingerprint density at radius 1 is 1.10 bits per heavy atom. The van der Waals surface area contributed by atoms with Crippen LogP contribution in [0.4, 0.5) is 0 Å². The van der Waals surface area contributed by atoms with Crippen molar-refractivity contribution in [2.24, 2.45) is 5.92 Å². The topological polar surface area (TPSA) is 128 Å². The molecule has 9 nitrogen and oxygen atoms in total. The number of amides is 2. The number of benzene rings is 1. The number of ether oxygens (including phenoxy) is 1. The molecule has 2 bridgehead atoms. The number of nitrogens with one attached hydrogen (secondary N) is 2. The number of fused-ring (bicyclic) bond motifs is 2. The summed E-state index contributed by atoms with van der Waals surface area (Å²) in [5.74, 6) is -0.238. The van der Waals surface area contributed by atoms with Crippen LogP contribution in [0.15, 0.2) is 58.1 Å². The molecule has 0 radical (unpaired) electrons. The molecule has 0 spiro atoms. The van der Waals surface area contributed by atoms with Crippen molar-refractivity contribution in [2.45, 2.75) is 112 Å². The van der Waals surface area contributed by atoms with Crippen LogP contribution in [0, 0.1) is 5.92 Å². The standard InChI is InChI=1S/C32H43N3O6S/c1-2-3-6-18-27(36)35-29-28(26-19-20-32(29,41-26)42(38,39)24-16-9-5-10-17-24)31-34-25(22-40-31)30(37)33-21-12-11-15-23-13-7-4-8-14-23/h2-3,5,9-10,16-17,22-23,26,28-29H,4,6-8,11-15,18-21H2,1H3,(H,33,37)(H,35,36)/b3-2+. The Labute approximate surface area is 248 Å². The van der Waals surface area contributed by atoms with Gasteiger partial charge in [-0.05, 0) is 50.7 Å². The Bertz CT molecular complexity index is 1350. The maximum atomic E-state index is 14.0. The zero-order chi connectivity index (χ0) is 29.6. The highest BCUT2D eigenvalue weighted by Gasteiger charge is 2.68. The summed E-state index contributed by atoms with van der Waals surface area (Å²) in [6.45, 7) is 2.44. The quantitative estimate of drug-likeness (QED) is 0.232. The largest absolute Gasteiger partial charge is 0.448 e. The van der Waals surface area contributed by atoms with E-state index in [1.54, 1.807) is 30.3 Å². The highest BCUT2D eigenvalue weighted by molar-refractivity contribution is 7.92. The van der Waals surface area contributed by atoms with E-state index in [-0.39, 0.29) is 41.1 Å². The molecule has 2 aliphatic heterocycles. The average Bonchev–Trinajstić information content (AvgIpc) is 3.74. The van der Waals surface area contributed by atoms with E-state index >= 15 is 0 Å². The van der Waals surface area contributed by atoms with Gasteiger partial charge in [0.15, 0.2) is 10.6 Å². The number of hydrogen-bond acceptors (Lipinski definition) is 7. The lowest BCUT2D eigenvalue weighted by Crippen LogP contribution is -2.57. The lowest BCUT2D eigenvalue weighted by atomic mass is 9.83. The second-order valence-corrected chi connectivity index (χ2v) is 14.0. The first-order valence-electron chi connectivity index (χ1n) is 15.5. The molecule has 1 saturated carbocycles. The average molecular weight is 598 g/mol. The number of carbonyl (C=O) groups is 2. The van der Waals surface area contributed by atoms with Gasteiger partial charge in [-0.25, -0.2) is 13.4 Å². The second kappa shape index (κ2) is 13.5. The Morgan fingerprint density at radius 3 is 2.64 bits per heavy atom. The number of aromatic nitrogens is 1. The van der Waals surface area contributed by atoms with E-state index in [0.29, 0.717) is 19.4 Å². The van der Waals surface area contributed by atoms with Gasteiger partial charge in [0.2, 0.25) is 21.6 Å². The van der Waals surface area contributed by atoms with Crippen LogP contribution < -0.4 is 10.6 Å². The minimum atomic E-state index is -4.00. The van der Waals surface area contributed by atoms with Crippen molar-refractivity contribution in [1.29, 1.82) is 0 Å². The molecule has 1 aromatic heterocycles. The lowest BCUT2D eigenvalue weighted by Gasteiger charge is -2.35. The first kappa shape index (κ1) is 30.5. The van der Waals surface area contributed by atoms with Crippen LogP contribution in [0.3, 0.4) is 0 Å². The van der Waals surface area contributed by atoms with Crippen LogP contribution >= 0.6 is 0 Å². The first-order valence-corrected chi connectivity index (χ1v) is 17.0. The van der Waals surface area contributed by atoms with E-state index in [4.69, 9.17) is 9.15 Å². The van der Waals surface area contributed by atoms with E-state index in [0.717, 1.165) is 18.8 Å². The van der Waals surface area contributed by atoms with Crippen molar-refractivity contribution in [2.75, 3.05) is 6.54 Å². The summed E-state index contributed by atoms with van der Waals surface area (Å²) in [6.07, 6.45) is 15.9. The number of rotatable bonds is 13. The zero-order valence-electron chi connectivity index (χ0n) is 24.4. The molecular formula is C32H43N3O6S. The molecule has 4 atom stereocenters. The van der Waals surface area contributed by atoms with E-state index < -0.39 is 32.8 Å². The summed E-state index contributed by atoms with van der Waals surface area (Å²) < 4.78 is 40.1. The molecule has 2 aromatic rings. The van der Waals surface area contributed by atoms with Gasteiger partial charge < -0.3 is 19.8 Å². The molecule has 1 aromatic carbocycles. The Hall–Kier alpha value is -2.98. The summed E-state index contributed by atoms with van der Waals surface area (Å²) in [5, 5.41) is 5.91. The van der Waals surface area contributed by atoms with Crippen molar-refractivity contribution in [3.63, 3.8) is 0 Å². The zero-order valence-corrected chi connectivity index (χ0v) is 25.2. The molecular weight excluding hydrogens is 554 g/mol. The van der Waals surface area contributed by atoms with Crippen LogP contribution in [0.5, 0.6) is 0 Å². The van der Waals surface area contributed by atoms with E-state index in [2.05, 4.69) is 15.6 Å².